The molecule has 0 radical (unpaired) electrons. The molecule has 5 heteroatoms. The lowest BCUT2D eigenvalue weighted by Gasteiger charge is -2.42. The Morgan fingerprint density at radius 1 is 0.966 bits per heavy atom. The Kier molecular flexibility index (Phi) is 7.23. The smallest absolute Gasteiger partial charge is 0.128 e. The maximum absolute atomic E-state index is 5.99. The third-order valence-electron chi connectivity index (χ3n) is 5.90. The number of piperazine rings is 1. The van der Waals surface area contributed by atoms with Gasteiger partial charge in [-0.25, -0.2) is 4.98 Å². The monoisotopic (exact) mass is 403 g/mol. The van der Waals surface area contributed by atoms with E-state index in [9.17, 15) is 0 Å². The van der Waals surface area contributed by atoms with E-state index in [4.69, 9.17) is 14.5 Å². The molecule has 2 fully saturated rings. The Morgan fingerprint density at radius 3 is 2.21 bits per heavy atom. The lowest BCUT2D eigenvalue weighted by atomic mass is 9.91. The maximum Gasteiger partial charge on any atom is 0.128 e. The van der Waals surface area contributed by atoms with Gasteiger partial charge in [0, 0.05) is 44.5 Å². The third-order valence-corrected chi connectivity index (χ3v) is 5.90. The quantitative estimate of drug-likeness (QED) is 0.635. The molecule has 1 aromatic heterocycles. The van der Waals surface area contributed by atoms with Gasteiger partial charge in [-0.3, -0.25) is 4.90 Å². The summed E-state index contributed by atoms with van der Waals surface area (Å²) in [6.45, 7) is 18.4. The molecule has 2 heterocycles. The Morgan fingerprint density at radius 2 is 1.66 bits per heavy atom. The molecule has 3 rings (SSSR count). The Bertz CT molecular complexity index is 619. The fraction of sp³-hybridized carbons (Fsp3) is 0.792. The van der Waals surface area contributed by atoms with Crippen LogP contribution in [0.2, 0.25) is 0 Å². The molecule has 0 bridgehead atoms. The van der Waals surface area contributed by atoms with Gasteiger partial charge in [0.15, 0.2) is 0 Å². The van der Waals surface area contributed by atoms with Crippen LogP contribution in [0.3, 0.4) is 0 Å². The van der Waals surface area contributed by atoms with Gasteiger partial charge < -0.3 is 14.4 Å². The van der Waals surface area contributed by atoms with Crippen LogP contribution < -0.4 is 4.90 Å². The summed E-state index contributed by atoms with van der Waals surface area (Å²) in [7, 11) is 0. The Labute approximate surface area is 177 Å². The van der Waals surface area contributed by atoms with E-state index >= 15 is 0 Å². The summed E-state index contributed by atoms with van der Waals surface area (Å²) >= 11 is 0. The summed E-state index contributed by atoms with van der Waals surface area (Å²) in [6.07, 6.45) is 6.96. The van der Waals surface area contributed by atoms with Crippen molar-refractivity contribution in [2.24, 2.45) is 0 Å². The Balaban J connectivity index is 1.31. The van der Waals surface area contributed by atoms with Crippen molar-refractivity contribution in [3.8, 4) is 0 Å². The lowest BCUT2D eigenvalue weighted by molar-refractivity contribution is -0.148. The van der Waals surface area contributed by atoms with Gasteiger partial charge in [-0.2, -0.15) is 0 Å². The largest absolute Gasteiger partial charge is 0.378 e. The van der Waals surface area contributed by atoms with Crippen molar-refractivity contribution in [1.82, 2.24) is 9.88 Å². The molecule has 0 aromatic carbocycles. The Hall–Kier alpha value is -1.17. The second kappa shape index (κ2) is 9.32. The van der Waals surface area contributed by atoms with Gasteiger partial charge in [0.2, 0.25) is 0 Å². The van der Waals surface area contributed by atoms with E-state index in [2.05, 4.69) is 63.5 Å². The van der Waals surface area contributed by atoms with E-state index in [1.54, 1.807) is 0 Å². The zero-order chi connectivity index (χ0) is 21.1. The molecule has 29 heavy (non-hydrogen) atoms. The lowest BCUT2D eigenvalue weighted by Crippen LogP contribution is -2.53. The summed E-state index contributed by atoms with van der Waals surface area (Å²) in [6, 6.07) is 4.41. The number of hydrogen-bond donors (Lipinski definition) is 0. The van der Waals surface area contributed by atoms with E-state index < -0.39 is 0 Å². The van der Waals surface area contributed by atoms with Gasteiger partial charge in [0.25, 0.3) is 0 Å². The van der Waals surface area contributed by atoms with Crippen molar-refractivity contribution in [1.29, 1.82) is 0 Å². The van der Waals surface area contributed by atoms with Gasteiger partial charge >= 0.3 is 0 Å². The highest BCUT2D eigenvalue weighted by Crippen LogP contribution is 2.30. The second-order valence-corrected chi connectivity index (χ2v) is 10.6. The predicted molar refractivity (Wildman–Crippen MR) is 120 cm³/mol. The van der Waals surface area contributed by atoms with Crippen LogP contribution in [0.4, 0.5) is 5.82 Å². The number of aryl methyl sites for hydroxylation is 1. The first-order valence-corrected chi connectivity index (χ1v) is 11.3. The average molecular weight is 404 g/mol. The number of anilines is 1. The van der Waals surface area contributed by atoms with Crippen molar-refractivity contribution in [3.05, 3.63) is 23.9 Å². The van der Waals surface area contributed by atoms with E-state index in [-0.39, 0.29) is 11.1 Å². The standard InChI is InChI=1S/C24H41N3O2/c1-23(2,3)27-13-11-26(12-14-27)22-10-9-19(18-25-22)8-7-15-28-20-16-21(17-20)29-24(4,5)6/h9-10,18,20-21H,7-8,11-17H2,1-6H3. The van der Waals surface area contributed by atoms with E-state index in [0.29, 0.717) is 12.2 Å². The second-order valence-electron chi connectivity index (χ2n) is 10.6. The minimum Gasteiger partial charge on any atom is -0.378 e. The molecule has 1 saturated carbocycles. The first-order valence-electron chi connectivity index (χ1n) is 11.3. The molecule has 0 unspecified atom stereocenters. The average Bonchev–Trinajstić information content (AvgIpc) is 2.62. The number of pyridine rings is 1. The number of rotatable bonds is 7. The van der Waals surface area contributed by atoms with Crippen LogP contribution in [0.5, 0.6) is 0 Å². The minimum atomic E-state index is -0.0467. The van der Waals surface area contributed by atoms with Crippen LogP contribution in [-0.2, 0) is 15.9 Å². The molecule has 0 amide bonds. The molecular formula is C24H41N3O2. The van der Waals surface area contributed by atoms with Crippen LogP contribution in [0.1, 0.15) is 66.4 Å². The van der Waals surface area contributed by atoms with Crippen LogP contribution in [-0.4, -0.2) is 66.0 Å². The highest BCUT2D eigenvalue weighted by Gasteiger charge is 2.33. The molecule has 1 aliphatic heterocycles. The molecule has 2 aliphatic rings. The minimum absolute atomic E-state index is 0.0467. The summed E-state index contributed by atoms with van der Waals surface area (Å²) in [5.74, 6) is 1.11. The maximum atomic E-state index is 5.99. The van der Waals surface area contributed by atoms with Crippen molar-refractivity contribution < 1.29 is 9.47 Å². The van der Waals surface area contributed by atoms with E-state index in [1.807, 2.05) is 6.20 Å². The summed E-state index contributed by atoms with van der Waals surface area (Å²) < 4.78 is 12.0. The molecule has 1 aromatic rings. The highest BCUT2D eigenvalue weighted by atomic mass is 16.5. The number of nitrogens with zero attached hydrogens (tertiary/aromatic N) is 3. The highest BCUT2D eigenvalue weighted by molar-refractivity contribution is 5.40. The first kappa shape index (κ1) is 22.5. The van der Waals surface area contributed by atoms with Gasteiger partial charge in [-0.15, -0.1) is 0 Å². The molecule has 164 valence electrons. The first-order chi connectivity index (χ1) is 13.6. The van der Waals surface area contributed by atoms with Crippen molar-refractivity contribution >= 4 is 5.82 Å². The number of ether oxygens (including phenoxy) is 2. The SMILES string of the molecule is CC(C)(C)OC1CC(OCCCc2ccc(N3CCN(C(C)(C)C)CC3)nc2)C1. The van der Waals surface area contributed by atoms with E-state index in [1.165, 1.54) is 5.56 Å². The zero-order valence-corrected chi connectivity index (χ0v) is 19.4. The van der Waals surface area contributed by atoms with Crippen LogP contribution >= 0.6 is 0 Å². The normalized spacial score (nSPS) is 23.9. The molecular weight excluding hydrogens is 362 g/mol. The molecule has 0 spiro atoms. The van der Waals surface area contributed by atoms with Crippen molar-refractivity contribution in [3.63, 3.8) is 0 Å². The van der Waals surface area contributed by atoms with Crippen LogP contribution in [0.25, 0.3) is 0 Å². The van der Waals surface area contributed by atoms with Gasteiger partial charge in [0.1, 0.15) is 5.82 Å². The topological polar surface area (TPSA) is 37.8 Å². The zero-order valence-electron chi connectivity index (χ0n) is 19.4. The van der Waals surface area contributed by atoms with Gasteiger partial charge in [0.05, 0.1) is 17.8 Å². The fourth-order valence-corrected chi connectivity index (χ4v) is 4.13. The molecule has 0 N–H and O–H groups in total. The van der Waals surface area contributed by atoms with Crippen LogP contribution in [0.15, 0.2) is 18.3 Å². The van der Waals surface area contributed by atoms with E-state index in [0.717, 1.165) is 64.3 Å². The summed E-state index contributed by atoms with van der Waals surface area (Å²) in [5, 5.41) is 0. The molecule has 1 saturated heterocycles. The van der Waals surface area contributed by atoms with Crippen molar-refractivity contribution in [2.75, 3.05) is 37.7 Å². The fourth-order valence-electron chi connectivity index (χ4n) is 4.13. The summed E-state index contributed by atoms with van der Waals surface area (Å²) in [5.41, 5.74) is 1.51. The van der Waals surface area contributed by atoms with Crippen molar-refractivity contribution in [2.45, 2.75) is 90.6 Å². The predicted octanol–water partition coefficient (Wildman–Crippen LogP) is 4.30. The van der Waals surface area contributed by atoms with Gasteiger partial charge in [-0.1, -0.05) is 6.07 Å². The number of aromatic nitrogens is 1. The number of hydrogen-bond acceptors (Lipinski definition) is 5. The van der Waals surface area contributed by atoms with Gasteiger partial charge in [-0.05, 0) is 78.9 Å². The molecule has 0 atom stereocenters. The third kappa shape index (κ3) is 6.94. The van der Waals surface area contributed by atoms with Crippen LogP contribution in [0, 0.1) is 0 Å². The molecule has 1 aliphatic carbocycles. The molecule has 5 nitrogen and oxygen atoms in total. The summed E-state index contributed by atoms with van der Waals surface area (Å²) in [4.78, 5) is 9.68.